The van der Waals surface area contributed by atoms with Crippen LogP contribution in [0.2, 0.25) is 0 Å². The van der Waals surface area contributed by atoms with E-state index in [-0.39, 0.29) is 6.04 Å². The maximum absolute atomic E-state index is 9.38. The van der Waals surface area contributed by atoms with E-state index in [0.717, 1.165) is 17.9 Å². The molecule has 0 bridgehead atoms. The molecule has 0 aromatic carbocycles. The maximum Gasteiger partial charge on any atom is 0.130 e. The Morgan fingerprint density at radius 3 is 2.64 bits per heavy atom. The first-order valence-electron chi connectivity index (χ1n) is 4.44. The van der Waals surface area contributed by atoms with Gasteiger partial charge in [0.1, 0.15) is 6.23 Å². The topological polar surface area (TPSA) is 43.7 Å². The van der Waals surface area contributed by atoms with Crippen molar-refractivity contribution in [2.75, 3.05) is 0 Å². The van der Waals surface area contributed by atoms with Gasteiger partial charge in [0.05, 0.1) is 0 Å². The van der Waals surface area contributed by atoms with Gasteiger partial charge >= 0.3 is 0 Å². The molecule has 0 spiro atoms. The first-order chi connectivity index (χ1) is 5.29. The van der Waals surface area contributed by atoms with E-state index in [1.165, 1.54) is 19.3 Å². The van der Waals surface area contributed by atoms with Crippen LogP contribution in [-0.2, 0) is 0 Å². The summed E-state index contributed by atoms with van der Waals surface area (Å²) in [5.41, 5.74) is 0. The number of aliphatic hydroxyl groups is 1. The lowest BCUT2D eigenvalue weighted by Crippen LogP contribution is -2.35. The third-order valence-electron chi connectivity index (χ3n) is 3.03. The highest BCUT2D eigenvalue weighted by Crippen LogP contribution is 2.37. The van der Waals surface area contributed by atoms with Crippen molar-refractivity contribution < 1.29 is 10.3 Å². The van der Waals surface area contributed by atoms with Gasteiger partial charge in [0, 0.05) is 6.04 Å². The number of hydrogen-bond donors (Lipinski definition) is 2. The summed E-state index contributed by atoms with van der Waals surface area (Å²) in [5.74, 6) is 0.545. The molecular weight excluding hydrogens is 142 g/mol. The van der Waals surface area contributed by atoms with Gasteiger partial charge in [0.15, 0.2) is 0 Å². The molecule has 1 aliphatic heterocycles. The molecule has 2 N–H and O–H groups in total. The zero-order chi connectivity index (χ0) is 7.84. The van der Waals surface area contributed by atoms with E-state index >= 15 is 0 Å². The highest BCUT2D eigenvalue weighted by Gasteiger charge is 2.40. The van der Waals surface area contributed by atoms with Crippen LogP contribution in [0.3, 0.4) is 0 Å². The van der Waals surface area contributed by atoms with Crippen LogP contribution in [0.4, 0.5) is 0 Å². The van der Waals surface area contributed by atoms with E-state index in [4.69, 9.17) is 0 Å². The van der Waals surface area contributed by atoms with Crippen molar-refractivity contribution in [2.45, 2.75) is 44.4 Å². The Morgan fingerprint density at radius 1 is 1.18 bits per heavy atom. The van der Waals surface area contributed by atoms with E-state index in [9.17, 15) is 10.3 Å². The Bertz CT molecular complexity index is 151. The van der Waals surface area contributed by atoms with Gasteiger partial charge in [0.25, 0.3) is 0 Å². The molecule has 2 aliphatic rings. The second-order valence-electron chi connectivity index (χ2n) is 3.71. The Kier molecular flexibility index (Phi) is 1.87. The van der Waals surface area contributed by atoms with E-state index in [1.807, 2.05) is 0 Å². The lowest BCUT2D eigenvalue weighted by Gasteiger charge is -2.27. The van der Waals surface area contributed by atoms with Gasteiger partial charge in [-0.2, -0.15) is 5.06 Å². The molecule has 1 saturated carbocycles. The standard InChI is InChI=1S/C8H15NO2/c10-8-5-6-3-1-2-4-7(6)9(8)11/h6-8,10-11H,1-5H2. The third kappa shape index (κ3) is 1.17. The van der Waals surface area contributed by atoms with Gasteiger partial charge in [0.2, 0.25) is 0 Å². The summed E-state index contributed by atoms with van der Waals surface area (Å²) in [6, 6.07) is 0.249. The molecule has 64 valence electrons. The van der Waals surface area contributed by atoms with Crippen LogP contribution in [0.5, 0.6) is 0 Å². The monoisotopic (exact) mass is 157 g/mol. The fourth-order valence-electron chi connectivity index (χ4n) is 2.41. The Balaban J connectivity index is 2.05. The van der Waals surface area contributed by atoms with Crippen LogP contribution in [0.25, 0.3) is 0 Å². The number of rotatable bonds is 0. The lowest BCUT2D eigenvalue weighted by molar-refractivity contribution is -0.198. The van der Waals surface area contributed by atoms with Crippen molar-refractivity contribution in [3.63, 3.8) is 0 Å². The van der Waals surface area contributed by atoms with Crippen molar-refractivity contribution in [3.05, 3.63) is 0 Å². The van der Waals surface area contributed by atoms with Gasteiger partial charge in [-0.15, -0.1) is 0 Å². The van der Waals surface area contributed by atoms with Crippen molar-refractivity contribution >= 4 is 0 Å². The van der Waals surface area contributed by atoms with Gasteiger partial charge in [-0.1, -0.05) is 12.8 Å². The molecule has 3 unspecified atom stereocenters. The highest BCUT2D eigenvalue weighted by atomic mass is 16.5. The summed E-state index contributed by atoms with van der Waals surface area (Å²) in [4.78, 5) is 0. The smallest absolute Gasteiger partial charge is 0.130 e. The van der Waals surface area contributed by atoms with E-state index in [2.05, 4.69) is 0 Å². The molecule has 0 radical (unpaired) electrons. The van der Waals surface area contributed by atoms with Crippen LogP contribution in [0.1, 0.15) is 32.1 Å². The molecule has 2 rings (SSSR count). The van der Waals surface area contributed by atoms with E-state index in [0.29, 0.717) is 5.92 Å². The van der Waals surface area contributed by atoms with Gasteiger partial charge in [-0.25, -0.2) is 0 Å². The summed E-state index contributed by atoms with van der Waals surface area (Å²) in [7, 11) is 0. The van der Waals surface area contributed by atoms with Crippen LogP contribution in [0, 0.1) is 5.92 Å². The number of hydroxylamine groups is 2. The molecule has 3 atom stereocenters. The first-order valence-corrected chi connectivity index (χ1v) is 4.44. The minimum absolute atomic E-state index is 0.249. The number of hydrogen-bond acceptors (Lipinski definition) is 3. The molecule has 1 saturated heterocycles. The van der Waals surface area contributed by atoms with Crippen LogP contribution < -0.4 is 0 Å². The molecule has 0 aromatic heterocycles. The summed E-state index contributed by atoms with van der Waals surface area (Å²) in [6.45, 7) is 0. The molecule has 11 heavy (non-hydrogen) atoms. The summed E-state index contributed by atoms with van der Waals surface area (Å²) in [6.07, 6.45) is 4.87. The largest absolute Gasteiger partial charge is 0.376 e. The molecule has 3 heteroatoms. The van der Waals surface area contributed by atoms with E-state index in [1.54, 1.807) is 0 Å². The zero-order valence-electron chi connectivity index (χ0n) is 6.61. The molecule has 1 aliphatic carbocycles. The average Bonchev–Trinajstić information content (AvgIpc) is 2.30. The van der Waals surface area contributed by atoms with Crippen molar-refractivity contribution in [1.82, 2.24) is 5.06 Å². The Hall–Kier alpha value is -0.120. The van der Waals surface area contributed by atoms with Gasteiger partial charge < -0.3 is 10.3 Å². The molecule has 2 fully saturated rings. The number of aliphatic hydroxyl groups excluding tert-OH is 1. The van der Waals surface area contributed by atoms with Crippen molar-refractivity contribution in [2.24, 2.45) is 5.92 Å². The van der Waals surface area contributed by atoms with E-state index < -0.39 is 6.23 Å². The molecular formula is C8H15NO2. The van der Waals surface area contributed by atoms with Crippen molar-refractivity contribution in [3.8, 4) is 0 Å². The zero-order valence-corrected chi connectivity index (χ0v) is 6.61. The number of fused-ring (bicyclic) bond motifs is 1. The predicted octanol–water partition coefficient (Wildman–Crippen LogP) is 0.958. The lowest BCUT2D eigenvalue weighted by atomic mass is 9.85. The minimum Gasteiger partial charge on any atom is -0.376 e. The second-order valence-corrected chi connectivity index (χ2v) is 3.71. The highest BCUT2D eigenvalue weighted by molar-refractivity contribution is 4.87. The van der Waals surface area contributed by atoms with Crippen LogP contribution in [0.15, 0.2) is 0 Å². The first kappa shape index (κ1) is 7.53. The SMILES string of the molecule is OC1CC2CCCCC2N1O. The van der Waals surface area contributed by atoms with Crippen molar-refractivity contribution in [1.29, 1.82) is 0 Å². The maximum atomic E-state index is 9.38. The summed E-state index contributed by atoms with van der Waals surface area (Å²) in [5, 5.41) is 19.8. The summed E-state index contributed by atoms with van der Waals surface area (Å²) < 4.78 is 0. The normalized spacial score (nSPS) is 45.8. The van der Waals surface area contributed by atoms with Crippen LogP contribution >= 0.6 is 0 Å². The summed E-state index contributed by atoms with van der Waals surface area (Å²) >= 11 is 0. The van der Waals surface area contributed by atoms with Gasteiger partial charge in [-0.3, -0.25) is 0 Å². The Labute approximate surface area is 66.6 Å². The average molecular weight is 157 g/mol. The third-order valence-corrected chi connectivity index (χ3v) is 3.03. The fraction of sp³-hybridized carbons (Fsp3) is 1.00. The second kappa shape index (κ2) is 2.73. The quantitative estimate of drug-likeness (QED) is 0.550. The molecule has 1 heterocycles. The van der Waals surface area contributed by atoms with Gasteiger partial charge in [-0.05, 0) is 25.2 Å². The van der Waals surface area contributed by atoms with Crippen LogP contribution in [-0.4, -0.2) is 27.6 Å². The fourth-order valence-corrected chi connectivity index (χ4v) is 2.41. The molecule has 0 aromatic rings. The Morgan fingerprint density at radius 2 is 1.91 bits per heavy atom. The molecule has 0 amide bonds. The predicted molar refractivity (Wildman–Crippen MR) is 40.0 cm³/mol. The molecule has 3 nitrogen and oxygen atoms in total. The minimum atomic E-state index is -0.594. The number of nitrogens with zero attached hydrogens (tertiary/aromatic N) is 1.